The summed E-state index contributed by atoms with van der Waals surface area (Å²) in [6.07, 6.45) is 1.44. The van der Waals surface area contributed by atoms with Crippen molar-refractivity contribution >= 4 is 58.4 Å². The smallest absolute Gasteiger partial charge is 0.265 e. The van der Waals surface area contributed by atoms with Crippen LogP contribution in [0, 0.1) is 0 Å². The van der Waals surface area contributed by atoms with Gasteiger partial charge in [0.15, 0.2) is 5.11 Å². The fourth-order valence-corrected chi connectivity index (χ4v) is 2.38. The highest BCUT2D eigenvalue weighted by molar-refractivity contribution is 7.80. The van der Waals surface area contributed by atoms with Gasteiger partial charge in [-0.1, -0.05) is 29.3 Å². The van der Waals surface area contributed by atoms with Gasteiger partial charge in [-0.25, -0.2) is 0 Å². The number of hydrogen-bond donors (Lipinski definition) is 0. The van der Waals surface area contributed by atoms with Crippen molar-refractivity contribution in [2.24, 2.45) is 0 Å². The van der Waals surface area contributed by atoms with Crippen LogP contribution in [0.4, 0.5) is 0 Å². The lowest BCUT2D eigenvalue weighted by molar-refractivity contribution is -0.132. The predicted molar refractivity (Wildman–Crippen MR) is 82.6 cm³/mol. The van der Waals surface area contributed by atoms with E-state index in [4.69, 9.17) is 35.4 Å². The summed E-state index contributed by atoms with van der Waals surface area (Å²) < 4.78 is 0. The lowest BCUT2D eigenvalue weighted by Crippen LogP contribution is -2.52. The van der Waals surface area contributed by atoms with E-state index in [-0.39, 0.29) is 10.7 Å². The van der Waals surface area contributed by atoms with Gasteiger partial charge in [-0.15, -0.1) is 0 Å². The van der Waals surface area contributed by atoms with Crippen LogP contribution >= 0.6 is 35.4 Å². The third-order valence-electron chi connectivity index (χ3n) is 2.91. The Hall–Kier alpha value is -1.43. The monoisotopic (exact) mass is 328 g/mol. The van der Waals surface area contributed by atoms with Crippen LogP contribution in [-0.2, 0) is 9.59 Å². The van der Waals surface area contributed by atoms with Crippen LogP contribution in [0.3, 0.4) is 0 Å². The third-order valence-corrected chi connectivity index (χ3v) is 4.02. The SMILES string of the molecule is CN1C(=O)C(=Cc2ccc(Cl)cc2Cl)C(=O)N(C)C1=S. The van der Waals surface area contributed by atoms with Crippen LogP contribution in [0.2, 0.25) is 10.0 Å². The van der Waals surface area contributed by atoms with Crippen LogP contribution in [0.15, 0.2) is 23.8 Å². The maximum atomic E-state index is 12.1. The molecule has 0 saturated carbocycles. The lowest BCUT2D eigenvalue weighted by Gasteiger charge is -2.31. The van der Waals surface area contributed by atoms with Gasteiger partial charge in [-0.2, -0.15) is 0 Å². The van der Waals surface area contributed by atoms with Crippen LogP contribution < -0.4 is 0 Å². The van der Waals surface area contributed by atoms with E-state index in [9.17, 15) is 9.59 Å². The van der Waals surface area contributed by atoms with E-state index >= 15 is 0 Å². The summed E-state index contributed by atoms with van der Waals surface area (Å²) in [4.78, 5) is 26.7. The van der Waals surface area contributed by atoms with Crippen LogP contribution in [0.25, 0.3) is 6.08 Å². The molecule has 1 aliphatic rings. The molecule has 1 aromatic rings. The topological polar surface area (TPSA) is 40.6 Å². The Morgan fingerprint density at radius 3 is 2.15 bits per heavy atom. The molecule has 20 heavy (non-hydrogen) atoms. The highest BCUT2D eigenvalue weighted by Gasteiger charge is 2.35. The molecule has 104 valence electrons. The Kier molecular flexibility index (Phi) is 4.13. The Bertz CT molecular complexity index is 632. The molecule has 0 spiro atoms. The van der Waals surface area contributed by atoms with E-state index in [1.165, 1.54) is 30.0 Å². The molecule has 0 aliphatic carbocycles. The van der Waals surface area contributed by atoms with E-state index in [1.54, 1.807) is 18.2 Å². The molecule has 0 bridgehead atoms. The zero-order chi connectivity index (χ0) is 15.0. The summed E-state index contributed by atoms with van der Waals surface area (Å²) in [7, 11) is 3.04. The van der Waals surface area contributed by atoms with Crippen molar-refractivity contribution in [3.05, 3.63) is 39.4 Å². The number of carbonyl (C=O) groups is 2. The molecular formula is C13H10Cl2N2O2S. The standard InChI is InChI=1S/C13H10Cl2N2O2S/c1-16-11(18)9(12(19)17(2)13(16)20)5-7-3-4-8(14)6-10(7)15/h3-6H,1-2H3. The van der Waals surface area contributed by atoms with Gasteiger partial charge in [0.05, 0.1) is 0 Å². The Balaban J connectivity index is 2.49. The number of carbonyl (C=O) groups excluding carboxylic acids is 2. The predicted octanol–water partition coefficient (Wildman–Crippen LogP) is 2.59. The van der Waals surface area contributed by atoms with Gasteiger partial charge in [0, 0.05) is 24.1 Å². The first-order valence-corrected chi connectivity index (χ1v) is 6.76. The number of halogens is 2. The van der Waals surface area contributed by atoms with Crippen molar-refractivity contribution < 1.29 is 9.59 Å². The van der Waals surface area contributed by atoms with Gasteiger partial charge in [0.25, 0.3) is 11.8 Å². The number of nitrogens with zero attached hydrogens (tertiary/aromatic N) is 2. The molecule has 1 heterocycles. The second-order valence-electron chi connectivity index (χ2n) is 4.23. The van der Waals surface area contributed by atoms with Crippen LogP contribution in [0.5, 0.6) is 0 Å². The minimum atomic E-state index is -0.455. The first-order valence-electron chi connectivity index (χ1n) is 5.59. The molecular weight excluding hydrogens is 319 g/mol. The number of likely N-dealkylation sites (N-methyl/N-ethyl adjacent to an activating group) is 2. The van der Waals surface area contributed by atoms with Gasteiger partial charge < -0.3 is 0 Å². The lowest BCUT2D eigenvalue weighted by atomic mass is 10.1. The summed E-state index contributed by atoms with van der Waals surface area (Å²) >= 11 is 16.9. The molecule has 1 aliphatic heterocycles. The number of amides is 2. The van der Waals surface area contributed by atoms with Gasteiger partial charge in [0.1, 0.15) is 5.57 Å². The molecule has 1 fully saturated rings. The van der Waals surface area contributed by atoms with Gasteiger partial charge in [-0.05, 0) is 36.0 Å². The maximum Gasteiger partial charge on any atom is 0.265 e. The number of thiocarbonyl (C=S) groups is 1. The van der Waals surface area contributed by atoms with E-state index in [0.717, 1.165) is 0 Å². The summed E-state index contributed by atoms with van der Waals surface area (Å²) in [5, 5.41) is 1.01. The third kappa shape index (κ3) is 2.57. The molecule has 7 heteroatoms. The summed E-state index contributed by atoms with van der Waals surface area (Å²) in [5.74, 6) is -0.909. The van der Waals surface area contributed by atoms with Crippen LogP contribution in [0.1, 0.15) is 5.56 Å². The average molecular weight is 329 g/mol. The van der Waals surface area contributed by atoms with Gasteiger partial charge in [-0.3, -0.25) is 19.4 Å². The molecule has 0 atom stereocenters. The molecule has 0 unspecified atom stereocenters. The summed E-state index contributed by atoms with van der Waals surface area (Å²) in [6, 6.07) is 4.83. The highest BCUT2D eigenvalue weighted by Crippen LogP contribution is 2.25. The van der Waals surface area contributed by atoms with Gasteiger partial charge in [0.2, 0.25) is 0 Å². The fraction of sp³-hybridized carbons (Fsp3) is 0.154. The largest absolute Gasteiger partial charge is 0.288 e. The minimum absolute atomic E-state index is 0.00724. The van der Waals surface area contributed by atoms with Crippen molar-refractivity contribution in [3.63, 3.8) is 0 Å². The van der Waals surface area contributed by atoms with Crippen molar-refractivity contribution in [1.82, 2.24) is 9.80 Å². The molecule has 1 aromatic carbocycles. The molecule has 4 nitrogen and oxygen atoms in total. The van der Waals surface area contributed by atoms with Gasteiger partial charge >= 0.3 is 0 Å². The molecule has 0 N–H and O–H groups in total. The Morgan fingerprint density at radius 2 is 1.65 bits per heavy atom. The zero-order valence-electron chi connectivity index (χ0n) is 10.7. The first kappa shape index (κ1) is 15.0. The normalized spacial score (nSPS) is 16.0. The van der Waals surface area contributed by atoms with E-state index in [0.29, 0.717) is 15.6 Å². The first-order chi connectivity index (χ1) is 9.32. The fourth-order valence-electron chi connectivity index (χ4n) is 1.75. The Labute approximate surface area is 131 Å². The van der Waals surface area contributed by atoms with E-state index < -0.39 is 11.8 Å². The second-order valence-corrected chi connectivity index (χ2v) is 5.44. The molecule has 2 rings (SSSR count). The van der Waals surface area contributed by atoms with Crippen LogP contribution in [-0.4, -0.2) is 40.8 Å². The van der Waals surface area contributed by atoms with Crippen molar-refractivity contribution in [2.75, 3.05) is 14.1 Å². The summed E-state index contributed by atoms with van der Waals surface area (Å²) in [6.45, 7) is 0. The van der Waals surface area contributed by atoms with Crippen molar-refractivity contribution in [2.45, 2.75) is 0 Å². The maximum absolute atomic E-state index is 12.1. The summed E-state index contributed by atoms with van der Waals surface area (Å²) in [5.41, 5.74) is 0.551. The molecule has 0 radical (unpaired) electrons. The minimum Gasteiger partial charge on any atom is -0.288 e. The van der Waals surface area contributed by atoms with Crippen molar-refractivity contribution in [3.8, 4) is 0 Å². The Morgan fingerprint density at radius 1 is 1.10 bits per heavy atom. The zero-order valence-corrected chi connectivity index (χ0v) is 13.0. The van der Waals surface area contributed by atoms with E-state index in [2.05, 4.69) is 0 Å². The highest BCUT2D eigenvalue weighted by atomic mass is 35.5. The molecule has 2 amide bonds. The second kappa shape index (κ2) is 5.52. The number of hydrogen-bond acceptors (Lipinski definition) is 3. The quantitative estimate of drug-likeness (QED) is 0.452. The van der Waals surface area contributed by atoms with E-state index in [1.807, 2.05) is 0 Å². The van der Waals surface area contributed by atoms with Crippen molar-refractivity contribution in [1.29, 1.82) is 0 Å². The molecule has 0 aromatic heterocycles. The number of benzene rings is 1. The average Bonchev–Trinajstić information content (AvgIpc) is 2.41. The number of rotatable bonds is 1. The molecule has 1 saturated heterocycles.